The first-order valence-electron chi connectivity index (χ1n) is 13.1. The first kappa shape index (κ1) is 28.0. The van der Waals surface area contributed by atoms with Crippen LogP contribution in [0.15, 0.2) is 66.7 Å². The predicted molar refractivity (Wildman–Crippen MR) is 153 cm³/mol. The maximum absolute atomic E-state index is 13.8. The van der Waals surface area contributed by atoms with Crippen LogP contribution in [0, 0.1) is 13.8 Å². The van der Waals surface area contributed by atoms with E-state index in [9.17, 15) is 9.59 Å². The molecule has 3 aromatic rings. The van der Waals surface area contributed by atoms with Gasteiger partial charge in [-0.05, 0) is 61.6 Å². The fourth-order valence-corrected chi connectivity index (χ4v) is 5.26. The standard InChI is InChI=1S/C31H34Cl2N2O3/c1-21-12-15-29(22(2)16-21)38-20-30(36)35(19-24-13-14-26(32)27(33)17-24)28(18-23-8-4-3-5-9-23)31(37)34-25-10-6-7-11-25/h3-5,8-9,12-17,25,28H,6-7,10-11,18-20H2,1-2H3,(H,34,37)/t28-/m1/s1. The molecule has 0 unspecified atom stereocenters. The average Bonchev–Trinajstić information content (AvgIpc) is 3.41. The molecule has 1 aliphatic rings. The van der Waals surface area contributed by atoms with Crippen molar-refractivity contribution in [3.05, 3.63) is 99.0 Å². The van der Waals surface area contributed by atoms with Crippen LogP contribution >= 0.6 is 23.2 Å². The summed E-state index contributed by atoms with van der Waals surface area (Å²) in [7, 11) is 0. The van der Waals surface area contributed by atoms with Crippen molar-refractivity contribution in [2.24, 2.45) is 0 Å². The fraction of sp³-hybridized carbons (Fsp3) is 0.355. The van der Waals surface area contributed by atoms with Crippen LogP contribution < -0.4 is 10.1 Å². The fourth-order valence-electron chi connectivity index (χ4n) is 4.94. The number of halogens is 2. The Labute approximate surface area is 235 Å². The zero-order chi connectivity index (χ0) is 27.1. The zero-order valence-electron chi connectivity index (χ0n) is 21.9. The van der Waals surface area contributed by atoms with E-state index in [1.807, 2.05) is 68.4 Å². The number of aryl methyl sites for hydroxylation is 2. The second-order valence-electron chi connectivity index (χ2n) is 10.0. The van der Waals surface area contributed by atoms with Gasteiger partial charge < -0.3 is 15.0 Å². The molecule has 200 valence electrons. The Balaban J connectivity index is 1.63. The van der Waals surface area contributed by atoms with Crippen molar-refractivity contribution in [2.45, 2.75) is 64.6 Å². The number of ether oxygens (including phenoxy) is 1. The van der Waals surface area contributed by atoms with Crippen LogP contribution in [0.4, 0.5) is 0 Å². The summed E-state index contributed by atoms with van der Waals surface area (Å²) in [5.41, 5.74) is 3.83. The largest absolute Gasteiger partial charge is 0.483 e. The molecule has 3 aromatic carbocycles. The Morgan fingerprint density at radius 2 is 1.68 bits per heavy atom. The molecule has 0 saturated heterocycles. The second-order valence-corrected chi connectivity index (χ2v) is 10.8. The lowest BCUT2D eigenvalue weighted by atomic mass is 10.0. The molecule has 38 heavy (non-hydrogen) atoms. The third-order valence-electron chi connectivity index (χ3n) is 6.99. The first-order chi connectivity index (χ1) is 18.3. The van der Waals surface area contributed by atoms with Gasteiger partial charge in [0.25, 0.3) is 5.91 Å². The van der Waals surface area contributed by atoms with E-state index >= 15 is 0 Å². The number of hydrogen-bond donors (Lipinski definition) is 1. The molecule has 2 amide bonds. The van der Waals surface area contributed by atoms with Gasteiger partial charge >= 0.3 is 0 Å². The van der Waals surface area contributed by atoms with Gasteiger partial charge in [0.15, 0.2) is 6.61 Å². The van der Waals surface area contributed by atoms with E-state index in [2.05, 4.69) is 5.32 Å². The second kappa shape index (κ2) is 13.2. The molecule has 0 bridgehead atoms. The van der Waals surface area contributed by atoms with Gasteiger partial charge in [-0.2, -0.15) is 0 Å². The molecule has 4 rings (SSSR count). The highest BCUT2D eigenvalue weighted by Gasteiger charge is 2.32. The Bertz CT molecular complexity index is 1260. The number of rotatable bonds is 10. The van der Waals surface area contributed by atoms with E-state index in [4.69, 9.17) is 27.9 Å². The number of nitrogens with one attached hydrogen (secondary N) is 1. The quantitative estimate of drug-likeness (QED) is 0.305. The highest BCUT2D eigenvalue weighted by Crippen LogP contribution is 2.25. The third kappa shape index (κ3) is 7.52. The molecule has 1 N–H and O–H groups in total. The van der Waals surface area contributed by atoms with Gasteiger partial charge in [0.05, 0.1) is 10.0 Å². The maximum atomic E-state index is 13.8. The summed E-state index contributed by atoms with van der Waals surface area (Å²) in [6, 6.07) is 20.3. The Morgan fingerprint density at radius 1 is 0.947 bits per heavy atom. The van der Waals surface area contributed by atoms with Gasteiger partial charge in [0, 0.05) is 19.0 Å². The van der Waals surface area contributed by atoms with Gasteiger partial charge in [0.2, 0.25) is 5.91 Å². The summed E-state index contributed by atoms with van der Waals surface area (Å²) in [6.07, 6.45) is 4.50. The number of carbonyl (C=O) groups is 2. The molecule has 1 atom stereocenters. The molecule has 0 aliphatic heterocycles. The zero-order valence-corrected chi connectivity index (χ0v) is 23.4. The van der Waals surface area contributed by atoms with E-state index in [-0.39, 0.29) is 31.0 Å². The molecule has 1 saturated carbocycles. The molecule has 1 fully saturated rings. The lowest BCUT2D eigenvalue weighted by molar-refractivity contribution is -0.143. The van der Waals surface area contributed by atoms with E-state index in [0.29, 0.717) is 22.2 Å². The van der Waals surface area contributed by atoms with Crippen LogP contribution in [0.25, 0.3) is 0 Å². The summed E-state index contributed by atoms with van der Waals surface area (Å²) < 4.78 is 5.96. The predicted octanol–water partition coefficient (Wildman–Crippen LogP) is 6.69. The number of hydrogen-bond acceptors (Lipinski definition) is 3. The van der Waals surface area contributed by atoms with Gasteiger partial charge in [0.1, 0.15) is 11.8 Å². The van der Waals surface area contributed by atoms with Crippen LogP contribution in [-0.2, 0) is 22.6 Å². The molecule has 0 radical (unpaired) electrons. The molecule has 7 heteroatoms. The topological polar surface area (TPSA) is 58.6 Å². The Morgan fingerprint density at radius 3 is 2.37 bits per heavy atom. The molecule has 0 heterocycles. The van der Waals surface area contributed by atoms with Crippen LogP contribution in [0.2, 0.25) is 10.0 Å². The van der Waals surface area contributed by atoms with Crippen molar-refractivity contribution in [3.63, 3.8) is 0 Å². The lowest BCUT2D eigenvalue weighted by Gasteiger charge is -2.32. The van der Waals surface area contributed by atoms with Crippen LogP contribution in [0.3, 0.4) is 0 Å². The van der Waals surface area contributed by atoms with Gasteiger partial charge in [-0.15, -0.1) is 0 Å². The minimum atomic E-state index is -0.720. The van der Waals surface area contributed by atoms with E-state index < -0.39 is 6.04 Å². The van der Waals surface area contributed by atoms with Crippen molar-refractivity contribution in [3.8, 4) is 5.75 Å². The highest BCUT2D eigenvalue weighted by atomic mass is 35.5. The van der Waals surface area contributed by atoms with E-state index in [0.717, 1.165) is 47.9 Å². The molecular weight excluding hydrogens is 519 g/mol. The number of nitrogens with zero attached hydrogens (tertiary/aromatic N) is 1. The minimum Gasteiger partial charge on any atom is -0.483 e. The van der Waals surface area contributed by atoms with Crippen LogP contribution in [0.5, 0.6) is 5.75 Å². The average molecular weight is 554 g/mol. The Hall–Kier alpha value is -3.02. The normalized spacial score (nSPS) is 14.2. The number of amides is 2. The van der Waals surface area contributed by atoms with Crippen LogP contribution in [0.1, 0.15) is 47.9 Å². The Kier molecular flexibility index (Phi) is 9.70. The van der Waals surface area contributed by atoms with Gasteiger partial charge in [-0.3, -0.25) is 9.59 Å². The SMILES string of the molecule is Cc1ccc(OCC(=O)N(Cc2ccc(Cl)c(Cl)c2)[C@H](Cc2ccccc2)C(=O)NC2CCCC2)c(C)c1. The maximum Gasteiger partial charge on any atom is 0.261 e. The van der Waals surface area contributed by atoms with Crippen molar-refractivity contribution in [1.82, 2.24) is 10.2 Å². The molecule has 5 nitrogen and oxygen atoms in total. The third-order valence-corrected chi connectivity index (χ3v) is 7.73. The van der Waals surface area contributed by atoms with E-state index in [1.165, 1.54) is 0 Å². The van der Waals surface area contributed by atoms with E-state index in [1.54, 1.807) is 17.0 Å². The van der Waals surface area contributed by atoms with Crippen LogP contribution in [-0.4, -0.2) is 35.4 Å². The monoisotopic (exact) mass is 552 g/mol. The lowest BCUT2D eigenvalue weighted by Crippen LogP contribution is -2.53. The highest BCUT2D eigenvalue weighted by molar-refractivity contribution is 6.42. The molecule has 1 aliphatic carbocycles. The first-order valence-corrected chi connectivity index (χ1v) is 13.8. The summed E-state index contributed by atoms with van der Waals surface area (Å²) in [5, 5.41) is 4.05. The van der Waals surface area contributed by atoms with Crippen molar-refractivity contribution < 1.29 is 14.3 Å². The van der Waals surface area contributed by atoms with Crippen molar-refractivity contribution in [1.29, 1.82) is 0 Å². The van der Waals surface area contributed by atoms with Crippen molar-refractivity contribution in [2.75, 3.05) is 6.61 Å². The van der Waals surface area contributed by atoms with Gasteiger partial charge in [-0.1, -0.05) is 90.1 Å². The number of benzene rings is 3. The smallest absolute Gasteiger partial charge is 0.261 e. The van der Waals surface area contributed by atoms with Gasteiger partial charge in [-0.25, -0.2) is 0 Å². The number of carbonyl (C=O) groups excluding carboxylic acids is 2. The molecular formula is C31H34Cl2N2O3. The summed E-state index contributed by atoms with van der Waals surface area (Å²) in [6.45, 7) is 3.97. The molecule has 0 aromatic heterocycles. The van der Waals surface area contributed by atoms with Crippen molar-refractivity contribution >= 4 is 35.0 Å². The summed E-state index contributed by atoms with van der Waals surface area (Å²) >= 11 is 12.4. The summed E-state index contributed by atoms with van der Waals surface area (Å²) in [5.74, 6) is 0.215. The summed E-state index contributed by atoms with van der Waals surface area (Å²) in [4.78, 5) is 29.1. The minimum absolute atomic E-state index is 0.133. The molecule has 0 spiro atoms.